The number of rotatable bonds is 8. The molecule has 2 N–H and O–H groups in total. The minimum absolute atomic E-state index is 0.167. The summed E-state index contributed by atoms with van der Waals surface area (Å²) >= 11 is 0. The Bertz CT molecular complexity index is 868. The highest BCUT2D eigenvalue weighted by atomic mass is 16.2. The second-order valence-electron chi connectivity index (χ2n) is 6.65. The van der Waals surface area contributed by atoms with E-state index in [4.69, 9.17) is 0 Å². The molecule has 0 aliphatic carbocycles. The van der Waals surface area contributed by atoms with Crippen LogP contribution >= 0.6 is 0 Å². The van der Waals surface area contributed by atoms with Gasteiger partial charge in [-0.05, 0) is 31.9 Å². The lowest BCUT2D eigenvalue weighted by molar-refractivity contribution is 0.240. The first-order chi connectivity index (χ1) is 13.1. The van der Waals surface area contributed by atoms with Gasteiger partial charge < -0.3 is 10.6 Å². The first-order valence-corrected chi connectivity index (χ1v) is 9.18. The quantitative estimate of drug-likeness (QED) is 0.602. The van der Waals surface area contributed by atoms with Gasteiger partial charge in [0.05, 0.1) is 18.4 Å². The molecule has 0 bridgehead atoms. The van der Waals surface area contributed by atoms with E-state index in [0.29, 0.717) is 13.1 Å². The zero-order valence-electron chi connectivity index (χ0n) is 15.9. The van der Waals surface area contributed by atoms with Crippen LogP contribution in [0.5, 0.6) is 0 Å². The summed E-state index contributed by atoms with van der Waals surface area (Å²) in [4.78, 5) is 11.9. The first kappa shape index (κ1) is 18.7. The molecule has 142 valence electrons. The molecular formula is C20H26N6O. The number of amides is 2. The number of benzene rings is 1. The van der Waals surface area contributed by atoms with Gasteiger partial charge in [-0.25, -0.2) is 4.79 Å². The average molecular weight is 366 g/mol. The van der Waals surface area contributed by atoms with Crippen molar-refractivity contribution in [1.29, 1.82) is 0 Å². The minimum atomic E-state index is -0.167. The number of carbonyl (C=O) groups is 1. The molecule has 0 saturated heterocycles. The molecule has 0 fully saturated rings. The third-order valence-corrected chi connectivity index (χ3v) is 4.26. The molecule has 2 heterocycles. The molecule has 7 nitrogen and oxygen atoms in total. The van der Waals surface area contributed by atoms with E-state index < -0.39 is 0 Å². The van der Waals surface area contributed by atoms with Crippen molar-refractivity contribution in [2.75, 3.05) is 6.54 Å². The lowest BCUT2D eigenvalue weighted by Gasteiger charge is -2.07. The number of nitrogens with zero attached hydrogens (tertiary/aromatic N) is 4. The summed E-state index contributed by atoms with van der Waals surface area (Å²) in [7, 11) is 0. The molecule has 2 aromatic heterocycles. The predicted octanol–water partition coefficient (Wildman–Crippen LogP) is 2.63. The number of hydrogen-bond acceptors (Lipinski definition) is 3. The zero-order valence-corrected chi connectivity index (χ0v) is 15.9. The Morgan fingerprint density at radius 3 is 2.67 bits per heavy atom. The number of nitrogens with one attached hydrogen (secondary N) is 2. The topological polar surface area (TPSA) is 76.8 Å². The summed E-state index contributed by atoms with van der Waals surface area (Å²) in [6, 6.07) is 12.0. The summed E-state index contributed by atoms with van der Waals surface area (Å²) in [5, 5.41) is 14.5. The predicted molar refractivity (Wildman–Crippen MR) is 104 cm³/mol. The second kappa shape index (κ2) is 9.02. The van der Waals surface area contributed by atoms with Crippen LogP contribution in [0.3, 0.4) is 0 Å². The van der Waals surface area contributed by atoms with Gasteiger partial charge in [0, 0.05) is 37.1 Å². The highest BCUT2D eigenvalue weighted by Gasteiger charge is 2.04. The number of aromatic nitrogens is 4. The molecule has 1 aromatic carbocycles. The largest absolute Gasteiger partial charge is 0.338 e. The van der Waals surface area contributed by atoms with Crippen LogP contribution in [0, 0.1) is 13.8 Å². The first-order valence-electron chi connectivity index (χ1n) is 9.18. The molecule has 27 heavy (non-hydrogen) atoms. The van der Waals surface area contributed by atoms with Crippen LogP contribution in [-0.2, 0) is 19.6 Å². The molecule has 0 radical (unpaired) electrons. The van der Waals surface area contributed by atoms with Crippen molar-refractivity contribution in [2.24, 2.45) is 0 Å². The van der Waals surface area contributed by atoms with Crippen LogP contribution in [0.25, 0.3) is 0 Å². The summed E-state index contributed by atoms with van der Waals surface area (Å²) < 4.78 is 3.84. The van der Waals surface area contributed by atoms with Crippen LogP contribution in [0.1, 0.15) is 28.9 Å². The smallest absolute Gasteiger partial charge is 0.315 e. The fraction of sp³-hybridized carbons (Fsp3) is 0.350. The fourth-order valence-electron chi connectivity index (χ4n) is 2.93. The van der Waals surface area contributed by atoms with E-state index in [2.05, 4.69) is 39.0 Å². The van der Waals surface area contributed by atoms with Crippen LogP contribution < -0.4 is 10.6 Å². The molecule has 0 saturated carbocycles. The van der Waals surface area contributed by atoms with Gasteiger partial charge in [-0.15, -0.1) is 0 Å². The molecule has 3 rings (SSSR count). The van der Waals surface area contributed by atoms with Crippen LogP contribution in [0.2, 0.25) is 0 Å². The molecule has 0 atom stereocenters. The van der Waals surface area contributed by atoms with Crippen LogP contribution in [0.15, 0.2) is 48.8 Å². The molecule has 2 amide bonds. The van der Waals surface area contributed by atoms with Gasteiger partial charge in [-0.3, -0.25) is 9.36 Å². The lowest BCUT2D eigenvalue weighted by Crippen LogP contribution is -2.35. The van der Waals surface area contributed by atoms with Gasteiger partial charge in [0.15, 0.2) is 0 Å². The Balaban J connectivity index is 1.35. The second-order valence-corrected chi connectivity index (χ2v) is 6.65. The van der Waals surface area contributed by atoms with Crippen molar-refractivity contribution in [3.05, 3.63) is 71.3 Å². The Hall–Kier alpha value is -3.09. The Kier molecular flexibility index (Phi) is 6.25. The summed E-state index contributed by atoms with van der Waals surface area (Å²) in [5.74, 6) is 0. The van der Waals surface area contributed by atoms with Crippen molar-refractivity contribution in [3.63, 3.8) is 0 Å². The van der Waals surface area contributed by atoms with Gasteiger partial charge in [0.2, 0.25) is 0 Å². The average Bonchev–Trinajstić information content (AvgIpc) is 3.23. The van der Waals surface area contributed by atoms with Crippen LogP contribution in [-0.4, -0.2) is 32.1 Å². The van der Waals surface area contributed by atoms with E-state index in [1.54, 1.807) is 6.20 Å². The molecular weight excluding hydrogens is 340 g/mol. The van der Waals surface area contributed by atoms with Crippen LogP contribution in [0.4, 0.5) is 4.79 Å². The number of aryl methyl sites for hydroxylation is 3. The van der Waals surface area contributed by atoms with Crippen molar-refractivity contribution in [3.8, 4) is 0 Å². The minimum Gasteiger partial charge on any atom is -0.338 e. The SMILES string of the molecule is Cc1cc(C)n(CCCNC(=O)NCc2cnn(Cc3ccccc3)c2)n1. The maximum Gasteiger partial charge on any atom is 0.315 e. The maximum absolute atomic E-state index is 11.9. The summed E-state index contributed by atoms with van der Waals surface area (Å²) in [6.07, 6.45) is 4.58. The van der Waals surface area contributed by atoms with E-state index in [9.17, 15) is 4.79 Å². The molecule has 0 aliphatic rings. The molecule has 0 aliphatic heterocycles. The number of urea groups is 1. The van der Waals surface area contributed by atoms with Gasteiger partial charge in [-0.2, -0.15) is 10.2 Å². The van der Waals surface area contributed by atoms with E-state index in [1.165, 1.54) is 5.56 Å². The van der Waals surface area contributed by atoms with Crippen molar-refractivity contribution in [2.45, 2.75) is 39.9 Å². The fourth-order valence-corrected chi connectivity index (χ4v) is 2.93. The van der Waals surface area contributed by atoms with Gasteiger partial charge >= 0.3 is 6.03 Å². The number of hydrogen-bond donors (Lipinski definition) is 2. The summed E-state index contributed by atoms with van der Waals surface area (Å²) in [5.41, 5.74) is 4.33. The third-order valence-electron chi connectivity index (χ3n) is 4.26. The highest BCUT2D eigenvalue weighted by Crippen LogP contribution is 2.04. The number of carbonyl (C=O) groups excluding carboxylic acids is 1. The molecule has 3 aromatic rings. The van der Waals surface area contributed by atoms with E-state index in [0.717, 1.165) is 36.5 Å². The van der Waals surface area contributed by atoms with Gasteiger partial charge in [0.1, 0.15) is 0 Å². The van der Waals surface area contributed by atoms with Crippen molar-refractivity contribution >= 4 is 6.03 Å². The lowest BCUT2D eigenvalue weighted by atomic mass is 10.2. The highest BCUT2D eigenvalue weighted by molar-refractivity contribution is 5.73. The van der Waals surface area contributed by atoms with E-state index >= 15 is 0 Å². The maximum atomic E-state index is 11.9. The molecule has 0 spiro atoms. The molecule has 7 heteroatoms. The zero-order chi connectivity index (χ0) is 19.1. The normalized spacial score (nSPS) is 10.7. The summed E-state index contributed by atoms with van der Waals surface area (Å²) in [6.45, 7) is 6.61. The van der Waals surface area contributed by atoms with E-state index in [-0.39, 0.29) is 6.03 Å². The van der Waals surface area contributed by atoms with E-state index in [1.807, 2.05) is 47.6 Å². The Morgan fingerprint density at radius 1 is 1.11 bits per heavy atom. The Morgan fingerprint density at radius 2 is 1.93 bits per heavy atom. The Labute approximate surface area is 159 Å². The third kappa shape index (κ3) is 5.70. The van der Waals surface area contributed by atoms with Gasteiger partial charge in [-0.1, -0.05) is 30.3 Å². The van der Waals surface area contributed by atoms with Crippen molar-refractivity contribution in [1.82, 2.24) is 30.2 Å². The standard InChI is InChI=1S/C20H26N6O/c1-16-11-17(2)26(24-16)10-6-9-21-20(27)22-12-19-13-23-25(15-19)14-18-7-4-3-5-8-18/h3-5,7-8,11,13,15H,6,9-10,12,14H2,1-2H3,(H2,21,22,27). The molecule has 0 unspecified atom stereocenters. The monoisotopic (exact) mass is 366 g/mol. The van der Waals surface area contributed by atoms with Crippen molar-refractivity contribution < 1.29 is 4.79 Å². The van der Waals surface area contributed by atoms with Gasteiger partial charge in [0.25, 0.3) is 0 Å².